The van der Waals surface area contributed by atoms with E-state index in [0.29, 0.717) is 37.6 Å². The van der Waals surface area contributed by atoms with Crippen molar-refractivity contribution >= 4 is 35.0 Å². The second-order valence-corrected chi connectivity index (χ2v) is 16.4. The van der Waals surface area contributed by atoms with Crippen LogP contribution < -0.4 is 10.6 Å². The van der Waals surface area contributed by atoms with Gasteiger partial charge in [0.2, 0.25) is 11.8 Å². The lowest BCUT2D eigenvalue weighted by atomic mass is 10.0. The average molecular weight is 853 g/mol. The van der Waals surface area contributed by atoms with Crippen molar-refractivity contribution in [3.8, 4) is 33.8 Å². The molecule has 16 heteroatoms. The zero-order valence-electron chi connectivity index (χ0n) is 35.8. The van der Waals surface area contributed by atoms with Gasteiger partial charge in [-0.3, -0.25) is 14.6 Å². The van der Waals surface area contributed by atoms with Crippen LogP contribution in [0.1, 0.15) is 75.2 Å². The number of alkyl carbamates (subject to hydrolysis) is 2. The van der Waals surface area contributed by atoms with E-state index in [-0.39, 0.29) is 29.8 Å². The molecule has 0 bridgehead atoms. The lowest BCUT2D eigenvalue weighted by Crippen LogP contribution is -2.51. The third-order valence-corrected chi connectivity index (χ3v) is 12.0. The Balaban J connectivity index is 0.928. The van der Waals surface area contributed by atoms with Crippen LogP contribution in [0.2, 0.25) is 0 Å². The molecule has 6 aromatic rings. The Morgan fingerprint density at radius 3 is 1.92 bits per heavy atom. The highest BCUT2D eigenvalue weighted by Crippen LogP contribution is 2.35. The smallest absolute Gasteiger partial charge is 0.407 e. The minimum atomic E-state index is -0.740. The molecule has 326 valence electrons. The highest BCUT2D eigenvalue weighted by Gasteiger charge is 2.38. The summed E-state index contributed by atoms with van der Waals surface area (Å²) in [5, 5.41) is 5.45. The van der Waals surface area contributed by atoms with Crippen molar-refractivity contribution in [2.24, 2.45) is 5.92 Å². The van der Waals surface area contributed by atoms with Crippen LogP contribution >= 0.6 is 0 Å². The normalized spacial score (nSPS) is 17.2. The molecule has 2 saturated heterocycles. The Kier molecular flexibility index (Phi) is 12.8. The molecule has 0 saturated carbocycles. The van der Waals surface area contributed by atoms with Gasteiger partial charge in [-0.15, -0.1) is 0 Å². The maximum absolute atomic E-state index is 13.9. The van der Waals surface area contributed by atoms with Gasteiger partial charge in [0.15, 0.2) is 0 Å². The molecule has 16 nitrogen and oxygen atoms in total. The van der Waals surface area contributed by atoms with Crippen LogP contribution in [-0.4, -0.2) is 103 Å². The topological polar surface area (TPSA) is 200 Å². The minimum Gasteiger partial charge on any atom is -0.453 e. The van der Waals surface area contributed by atoms with E-state index in [0.717, 1.165) is 76.1 Å². The van der Waals surface area contributed by atoms with Gasteiger partial charge in [0.25, 0.3) is 0 Å². The quantitative estimate of drug-likeness (QED) is 0.0926. The van der Waals surface area contributed by atoms with Crippen LogP contribution in [0, 0.1) is 5.92 Å². The SMILES string of the molecule is COC(=O)N[C@@H](CCc1ccccc1)C(=O)N1CCC[C@H]1c1ncc(-c2ccc3nc(-c4ccc(-c5cnc(C6CCCN6C(=O)[C@@H](NC(=O)OC)C(C)C)[nH]5)cc4)cnc3c2)[nH]1. The fourth-order valence-corrected chi connectivity index (χ4v) is 8.57. The molecule has 0 spiro atoms. The van der Waals surface area contributed by atoms with Crippen molar-refractivity contribution in [3.63, 3.8) is 0 Å². The fourth-order valence-electron chi connectivity index (χ4n) is 8.57. The summed E-state index contributed by atoms with van der Waals surface area (Å²) in [5.74, 6) is 0.964. The third-order valence-electron chi connectivity index (χ3n) is 12.0. The lowest BCUT2D eigenvalue weighted by Gasteiger charge is -2.30. The first-order chi connectivity index (χ1) is 30.6. The Labute approximate surface area is 365 Å². The number of imidazole rings is 2. The number of nitrogens with zero attached hydrogens (tertiary/aromatic N) is 6. The van der Waals surface area contributed by atoms with Crippen LogP contribution in [0.4, 0.5) is 9.59 Å². The molecule has 5 heterocycles. The van der Waals surface area contributed by atoms with Crippen molar-refractivity contribution in [1.29, 1.82) is 0 Å². The molecule has 2 aliphatic rings. The average Bonchev–Trinajstić information content (AvgIpc) is 4.16. The number of amides is 4. The van der Waals surface area contributed by atoms with Crippen molar-refractivity contribution in [2.75, 3.05) is 27.3 Å². The summed E-state index contributed by atoms with van der Waals surface area (Å²) in [6.07, 6.45) is 8.28. The molecule has 1 unspecified atom stereocenters. The second kappa shape index (κ2) is 18.9. The van der Waals surface area contributed by atoms with Crippen LogP contribution in [0.15, 0.2) is 91.4 Å². The first-order valence-electron chi connectivity index (χ1n) is 21.4. The molecule has 3 aromatic carbocycles. The van der Waals surface area contributed by atoms with Gasteiger partial charge in [0.05, 0.1) is 73.0 Å². The van der Waals surface area contributed by atoms with E-state index in [1.54, 1.807) is 23.5 Å². The molecule has 4 amide bonds. The number of carbonyl (C=O) groups is 4. The first-order valence-corrected chi connectivity index (χ1v) is 21.4. The van der Waals surface area contributed by atoms with E-state index in [1.807, 2.05) is 91.5 Å². The largest absolute Gasteiger partial charge is 0.453 e. The van der Waals surface area contributed by atoms with E-state index in [2.05, 4.69) is 25.6 Å². The second-order valence-electron chi connectivity index (χ2n) is 16.4. The summed E-state index contributed by atoms with van der Waals surface area (Å²) in [6.45, 7) is 4.93. The molecule has 2 fully saturated rings. The van der Waals surface area contributed by atoms with Gasteiger partial charge in [0.1, 0.15) is 23.7 Å². The number of aryl methyl sites for hydroxylation is 1. The number of aromatic nitrogens is 6. The fraction of sp³-hybridized carbons (Fsp3) is 0.362. The highest BCUT2D eigenvalue weighted by atomic mass is 16.5. The van der Waals surface area contributed by atoms with Crippen molar-refractivity contribution < 1.29 is 28.7 Å². The molecule has 4 N–H and O–H groups in total. The van der Waals surface area contributed by atoms with Gasteiger partial charge in [-0.25, -0.2) is 24.5 Å². The Bertz CT molecular complexity index is 2570. The standard InChI is InChI=1S/C47H52N10O6/c1-28(2)41(55-47(61)63-4)45(59)57-23-9-13-40(57)43-49-26-37(52-43)31-17-15-30(16-18-31)36-25-48-35-24-32(19-21-33(35)51-36)38-27-50-42(53-38)39-12-8-22-56(39)44(58)34(54-46(60)62-3)20-14-29-10-6-5-7-11-29/h5-7,10-11,15-19,21,24-28,34,39-41H,8-9,12-14,20,22-23H2,1-4H3,(H,49,52)(H,50,53)(H,54,60)(H,55,61)/t34-,39-,40?,41-/m0/s1. The van der Waals surface area contributed by atoms with Gasteiger partial charge >= 0.3 is 12.2 Å². The summed E-state index contributed by atoms with van der Waals surface area (Å²) in [7, 11) is 2.58. The first kappa shape index (κ1) is 42.6. The zero-order valence-corrected chi connectivity index (χ0v) is 35.8. The van der Waals surface area contributed by atoms with Crippen LogP contribution in [0.3, 0.4) is 0 Å². The Morgan fingerprint density at radius 1 is 0.698 bits per heavy atom. The summed E-state index contributed by atoms with van der Waals surface area (Å²) < 4.78 is 9.62. The molecule has 0 aliphatic carbocycles. The van der Waals surface area contributed by atoms with Gasteiger partial charge in [-0.2, -0.15) is 0 Å². The van der Waals surface area contributed by atoms with E-state index in [4.69, 9.17) is 24.4 Å². The predicted molar refractivity (Wildman–Crippen MR) is 236 cm³/mol. The number of nitrogens with one attached hydrogen (secondary N) is 4. The predicted octanol–water partition coefficient (Wildman–Crippen LogP) is 7.14. The molecule has 63 heavy (non-hydrogen) atoms. The molecule has 8 rings (SSSR count). The Hall–Kier alpha value is -7.10. The number of ether oxygens (including phenoxy) is 2. The number of rotatable bonds is 13. The molecule has 4 atom stereocenters. The summed E-state index contributed by atoms with van der Waals surface area (Å²) in [6, 6.07) is 21.8. The van der Waals surface area contributed by atoms with Gasteiger partial charge in [-0.05, 0) is 67.7 Å². The number of fused-ring (bicyclic) bond motifs is 1. The van der Waals surface area contributed by atoms with Crippen molar-refractivity contribution in [1.82, 2.24) is 50.3 Å². The third kappa shape index (κ3) is 9.39. The highest BCUT2D eigenvalue weighted by molar-refractivity contribution is 5.87. The monoisotopic (exact) mass is 852 g/mol. The molecular weight excluding hydrogens is 801 g/mol. The van der Waals surface area contributed by atoms with Crippen molar-refractivity contribution in [2.45, 2.75) is 76.5 Å². The van der Waals surface area contributed by atoms with Crippen LogP contribution in [0.25, 0.3) is 44.8 Å². The minimum absolute atomic E-state index is 0.116. The number of likely N-dealkylation sites (tertiary alicyclic amines) is 2. The molecule has 2 aliphatic heterocycles. The lowest BCUT2D eigenvalue weighted by molar-refractivity contribution is -0.135. The summed E-state index contributed by atoms with van der Waals surface area (Å²) >= 11 is 0. The Morgan fingerprint density at radius 2 is 1.29 bits per heavy atom. The zero-order chi connectivity index (χ0) is 44.0. The van der Waals surface area contributed by atoms with Crippen molar-refractivity contribution in [3.05, 3.63) is 109 Å². The van der Waals surface area contributed by atoms with E-state index in [9.17, 15) is 19.2 Å². The van der Waals surface area contributed by atoms with E-state index < -0.39 is 24.3 Å². The summed E-state index contributed by atoms with van der Waals surface area (Å²) in [4.78, 5) is 81.4. The number of carbonyl (C=O) groups excluding carboxylic acids is 4. The number of aromatic amines is 2. The van der Waals surface area contributed by atoms with E-state index in [1.165, 1.54) is 14.2 Å². The molecule has 3 aromatic heterocycles. The van der Waals surface area contributed by atoms with Gasteiger partial charge in [-0.1, -0.05) is 74.5 Å². The number of hydrogen-bond acceptors (Lipinski definition) is 10. The molecular formula is C47H52N10O6. The van der Waals surface area contributed by atoms with Crippen LogP contribution in [0.5, 0.6) is 0 Å². The number of hydrogen-bond donors (Lipinski definition) is 4. The summed E-state index contributed by atoms with van der Waals surface area (Å²) in [5.41, 5.74) is 7.62. The number of benzene rings is 3. The molecule has 0 radical (unpaired) electrons. The van der Waals surface area contributed by atoms with Gasteiger partial charge in [0, 0.05) is 24.2 Å². The maximum atomic E-state index is 13.9. The van der Waals surface area contributed by atoms with Gasteiger partial charge < -0.3 is 39.9 Å². The van der Waals surface area contributed by atoms with Crippen LogP contribution in [-0.2, 0) is 25.5 Å². The van der Waals surface area contributed by atoms with E-state index >= 15 is 0 Å². The number of methoxy groups -OCH3 is 2. The maximum Gasteiger partial charge on any atom is 0.407 e. The number of H-pyrrole nitrogens is 2.